The first-order valence-electron chi connectivity index (χ1n) is 10.1. The molecule has 1 aliphatic rings. The second-order valence-electron chi connectivity index (χ2n) is 7.21. The van der Waals surface area contributed by atoms with E-state index < -0.39 is 0 Å². The summed E-state index contributed by atoms with van der Waals surface area (Å²) in [5.41, 5.74) is 2.21. The summed E-state index contributed by atoms with van der Waals surface area (Å²) in [5.74, 6) is -0.00506. The molecule has 3 heterocycles. The van der Waals surface area contributed by atoms with Gasteiger partial charge in [0.1, 0.15) is 0 Å². The molecule has 1 fully saturated rings. The van der Waals surface area contributed by atoms with Crippen LogP contribution >= 0.6 is 11.8 Å². The molecule has 1 aliphatic heterocycles. The fourth-order valence-electron chi connectivity index (χ4n) is 3.45. The molecule has 7 nitrogen and oxygen atoms in total. The number of hydrogen-bond donors (Lipinski definition) is 1. The molecule has 1 amide bonds. The van der Waals surface area contributed by atoms with Gasteiger partial charge in [0.25, 0.3) is 5.56 Å². The van der Waals surface area contributed by atoms with Crippen LogP contribution in [0.5, 0.6) is 0 Å². The van der Waals surface area contributed by atoms with Crippen molar-refractivity contribution in [2.45, 2.75) is 44.0 Å². The van der Waals surface area contributed by atoms with Crippen LogP contribution in [0.15, 0.2) is 52.5 Å². The summed E-state index contributed by atoms with van der Waals surface area (Å²) in [5, 5.41) is 3.85. The van der Waals surface area contributed by atoms with Crippen LogP contribution in [0.25, 0.3) is 11.0 Å². The quantitative estimate of drug-likeness (QED) is 0.463. The summed E-state index contributed by atoms with van der Waals surface area (Å²) in [7, 11) is 0. The highest BCUT2D eigenvalue weighted by molar-refractivity contribution is 7.99. The third-order valence-electron chi connectivity index (χ3n) is 5.08. The van der Waals surface area contributed by atoms with E-state index in [2.05, 4.69) is 22.2 Å². The maximum Gasteiger partial charge on any atom is 0.263 e. The molecule has 1 N–H and O–H groups in total. The Balaban J connectivity index is 1.52. The van der Waals surface area contributed by atoms with Crippen molar-refractivity contribution in [3.63, 3.8) is 0 Å². The molecule has 0 bridgehead atoms. The zero-order chi connectivity index (χ0) is 20.9. The minimum absolute atomic E-state index is 0.0103. The van der Waals surface area contributed by atoms with Gasteiger partial charge in [-0.1, -0.05) is 30.8 Å². The number of carbonyl (C=O) groups excluding carboxylic acids is 1. The van der Waals surface area contributed by atoms with Gasteiger partial charge in [0.05, 0.1) is 23.8 Å². The highest BCUT2D eigenvalue weighted by Gasteiger charge is 2.21. The number of nitrogens with one attached hydrogen (secondary N) is 1. The minimum Gasteiger partial charge on any atom is -0.376 e. The van der Waals surface area contributed by atoms with Gasteiger partial charge in [-0.05, 0) is 49.1 Å². The predicted molar refractivity (Wildman–Crippen MR) is 118 cm³/mol. The standard InChI is InChI=1S/C22H24N4O3S/c1-2-15-7-9-16(10-8-15)24-19(27)14-30-22-25-20-18(6-3-11-23-20)21(28)26(22)13-17-5-4-12-29-17/h3,6-11,17H,2,4-5,12-14H2,1H3,(H,24,27)/t17-/m1/s1. The molecule has 1 atom stereocenters. The second-order valence-corrected chi connectivity index (χ2v) is 8.15. The molecule has 1 saturated heterocycles. The van der Waals surface area contributed by atoms with Crippen LogP contribution in [0.3, 0.4) is 0 Å². The van der Waals surface area contributed by atoms with Gasteiger partial charge in [0.15, 0.2) is 10.8 Å². The predicted octanol–water partition coefficient (Wildman–Crippen LogP) is 3.26. The van der Waals surface area contributed by atoms with Crippen LogP contribution in [0.2, 0.25) is 0 Å². The van der Waals surface area contributed by atoms with E-state index in [0.29, 0.717) is 29.3 Å². The van der Waals surface area contributed by atoms with Gasteiger partial charge in [-0.3, -0.25) is 14.2 Å². The molecule has 156 valence electrons. The van der Waals surface area contributed by atoms with Crippen molar-refractivity contribution in [2.75, 3.05) is 17.7 Å². The number of amides is 1. The molecule has 8 heteroatoms. The number of aromatic nitrogens is 3. The molecule has 0 spiro atoms. The molecule has 2 aromatic heterocycles. The van der Waals surface area contributed by atoms with Gasteiger partial charge >= 0.3 is 0 Å². The van der Waals surface area contributed by atoms with E-state index in [-0.39, 0.29) is 23.3 Å². The normalized spacial score (nSPS) is 16.1. The van der Waals surface area contributed by atoms with Crippen molar-refractivity contribution in [1.29, 1.82) is 0 Å². The summed E-state index contributed by atoms with van der Waals surface area (Å²) in [4.78, 5) is 34.3. The van der Waals surface area contributed by atoms with Crippen LogP contribution in [-0.2, 0) is 22.5 Å². The smallest absolute Gasteiger partial charge is 0.263 e. The molecule has 0 unspecified atom stereocenters. The fourth-order valence-corrected chi connectivity index (χ4v) is 4.25. The van der Waals surface area contributed by atoms with E-state index in [1.165, 1.54) is 17.3 Å². The summed E-state index contributed by atoms with van der Waals surface area (Å²) in [6, 6.07) is 11.2. The molecule has 4 rings (SSSR count). The van der Waals surface area contributed by atoms with Crippen molar-refractivity contribution < 1.29 is 9.53 Å². The Bertz CT molecular complexity index is 1090. The lowest BCUT2D eigenvalue weighted by Gasteiger charge is -2.16. The van der Waals surface area contributed by atoms with E-state index in [1.807, 2.05) is 24.3 Å². The summed E-state index contributed by atoms with van der Waals surface area (Å²) < 4.78 is 7.33. The van der Waals surface area contributed by atoms with Crippen LogP contribution < -0.4 is 10.9 Å². The average molecular weight is 425 g/mol. The number of nitrogens with zero attached hydrogens (tertiary/aromatic N) is 3. The lowest BCUT2D eigenvalue weighted by Crippen LogP contribution is -2.29. The third kappa shape index (κ3) is 4.71. The lowest BCUT2D eigenvalue weighted by atomic mass is 10.1. The summed E-state index contributed by atoms with van der Waals surface area (Å²) >= 11 is 1.24. The number of pyridine rings is 1. The Kier molecular flexibility index (Phi) is 6.44. The Morgan fingerprint density at radius 1 is 1.30 bits per heavy atom. The number of aryl methyl sites for hydroxylation is 1. The summed E-state index contributed by atoms with van der Waals surface area (Å²) in [6.07, 6.45) is 4.46. The van der Waals surface area contributed by atoms with Crippen molar-refractivity contribution in [1.82, 2.24) is 14.5 Å². The zero-order valence-corrected chi connectivity index (χ0v) is 17.7. The van der Waals surface area contributed by atoms with Gasteiger partial charge in [-0.25, -0.2) is 9.97 Å². The van der Waals surface area contributed by atoms with Crippen molar-refractivity contribution in [3.8, 4) is 0 Å². The van der Waals surface area contributed by atoms with Gasteiger partial charge in [-0.2, -0.15) is 0 Å². The first-order chi connectivity index (χ1) is 14.6. The van der Waals surface area contributed by atoms with E-state index in [4.69, 9.17) is 4.74 Å². The number of hydrogen-bond acceptors (Lipinski definition) is 6. The lowest BCUT2D eigenvalue weighted by molar-refractivity contribution is -0.113. The Hall–Kier alpha value is -2.71. The number of fused-ring (bicyclic) bond motifs is 1. The van der Waals surface area contributed by atoms with Crippen LogP contribution in [0.4, 0.5) is 5.69 Å². The Labute approximate surface area is 178 Å². The first-order valence-corrected chi connectivity index (χ1v) is 11.1. The Morgan fingerprint density at radius 2 is 2.13 bits per heavy atom. The van der Waals surface area contributed by atoms with Gasteiger partial charge in [-0.15, -0.1) is 0 Å². The molecule has 0 aliphatic carbocycles. The maximum absolute atomic E-state index is 13.0. The zero-order valence-electron chi connectivity index (χ0n) is 16.8. The molecule has 0 radical (unpaired) electrons. The maximum atomic E-state index is 13.0. The molecule has 1 aromatic carbocycles. The monoisotopic (exact) mass is 424 g/mol. The van der Waals surface area contributed by atoms with E-state index in [0.717, 1.165) is 24.9 Å². The van der Waals surface area contributed by atoms with Gasteiger partial charge in [0, 0.05) is 18.5 Å². The Morgan fingerprint density at radius 3 is 2.87 bits per heavy atom. The molecular weight excluding hydrogens is 400 g/mol. The minimum atomic E-state index is -0.151. The largest absolute Gasteiger partial charge is 0.376 e. The highest BCUT2D eigenvalue weighted by Crippen LogP contribution is 2.21. The number of ether oxygens (including phenoxy) is 1. The van der Waals surface area contributed by atoms with Crippen molar-refractivity contribution in [3.05, 3.63) is 58.5 Å². The number of rotatable bonds is 7. The summed E-state index contributed by atoms with van der Waals surface area (Å²) in [6.45, 7) is 3.23. The van der Waals surface area contributed by atoms with Gasteiger partial charge < -0.3 is 10.1 Å². The molecule has 3 aromatic rings. The fraction of sp³-hybridized carbons (Fsp3) is 0.364. The molecular formula is C22H24N4O3S. The van der Waals surface area contributed by atoms with E-state index >= 15 is 0 Å². The number of thioether (sulfide) groups is 1. The number of carbonyl (C=O) groups is 1. The van der Waals surface area contributed by atoms with Crippen LogP contribution in [-0.4, -0.2) is 38.9 Å². The van der Waals surface area contributed by atoms with E-state index in [9.17, 15) is 9.59 Å². The number of benzene rings is 1. The SMILES string of the molecule is CCc1ccc(NC(=O)CSc2nc3ncccc3c(=O)n2C[C@H]2CCCO2)cc1. The van der Waals surface area contributed by atoms with Crippen molar-refractivity contribution >= 4 is 34.4 Å². The van der Waals surface area contributed by atoms with Crippen LogP contribution in [0.1, 0.15) is 25.3 Å². The van der Waals surface area contributed by atoms with Gasteiger partial charge in [0.2, 0.25) is 5.91 Å². The first kappa shape index (κ1) is 20.6. The highest BCUT2D eigenvalue weighted by atomic mass is 32.2. The van der Waals surface area contributed by atoms with E-state index in [1.54, 1.807) is 22.9 Å². The number of anilines is 1. The average Bonchev–Trinajstić information content (AvgIpc) is 3.28. The van der Waals surface area contributed by atoms with Crippen LogP contribution in [0, 0.1) is 0 Å². The molecule has 0 saturated carbocycles. The molecule has 30 heavy (non-hydrogen) atoms. The van der Waals surface area contributed by atoms with Crippen molar-refractivity contribution in [2.24, 2.45) is 0 Å². The topological polar surface area (TPSA) is 86.1 Å². The second kappa shape index (κ2) is 9.40. The third-order valence-corrected chi connectivity index (χ3v) is 6.06.